The van der Waals surface area contributed by atoms with E-state index in [1.165, 1.54) is 37.5 Å². The first-order valence-electron chi connectivity index (χ1n) is 9.46. The van der Waals surface area contributed by atoms with Gasteiger partial charge in [-0.2, -0.15) is 0 Å². The fraction of sp³-hybridized carbons (Fsp3) is 0.238. The van der Waals surface area contributed by atoms with Crippen molar-refractivity contribution in [3.05, 3.63) is 51.3 Å². The minimum Gasteiger partial charge on any atom is -0.490 e. The Morgan fingerprint density at radius 2 is 2.00 bits per heavy atom. The third kappa shape index (κ3) is 5.68. The molecule has 0 saturated carbocycles. The van der Waals surface area contributed by atoms with E-state index in [0.717, 1.165) is 16.7 Å². The Morgan fingerprint density at radius 3 is 2.67 bits per heavy atom. The number of nitrogens with zero attached hydrogens (tertiary/aromatic N) is 1. The number of thioether (sulfide) groups is 1. The summed E-state index contributed by atoms with van der Waals surface area (Å²) in [5, 5.41) is 8.40. The van der Waals surface area contributed by atoms with Crippen LogP contribution in [-0.2, 0) is 20.9 Å². The van der Waals surface area contributed by atoms with Gasteiger partial charge in [0.25, 0.3) is 11.1 Å². The summed E-state index contributed by atoms with van der Waals surface area (Å²) in [5.41, 5.74) is 0.447. The predicted molar refractivity (Wildman–Crippen MR) is 117 cm³/mol. The lowest BCUT2D eigenvalue weighted by Gasteiger charge is -2.13. The van der Waals surface area contributed by atoms with Gasteiger partial charge < -0.3 is 23.7 Å². The lowest BCUT2D eigenvalue weighted by molar-refractivity contribution is -0.139. The fourth-order valence-electron chi connectivity index (χ4n) is 2.82. The summed E-state index contributed by atoms with van der Waals surface area (Å²) >= 11 is 6.96. The summed E-state index contributed by atoms with van der Waals surface area (Å²) in [4.78, 5) is 48.6. The first-order valence-corrected chi connectivity index (χ1v) is 10.7. The number of ether oxygens (including phenoxy) is 3. The number of furan rings is 1. The molecule has 1 N–H and O–H groups in total. The zero-order valence-electron chi connectivity index (χ0n) is 17.5. The number of halogens is 1. The zero-order valence-corrected chi connectivity index (χ0v) is 19.0. The first kappa shape index (κ1) is 24.2. The summed E-state index contributed by atoms with van der Waals surface area (Å²) in [7, 11) is 1.21. The van der Waals surface area contributed by atoms with Gasteiger partial charge in [-0.15, -0.1) is 0 Å². The van der Waals surface area contributed by atoms with Gasteiger partial charge in [0.2, 0.25) is 5.76 Å². The first-order chi connectivity index (χ1) is 15.7. The molecule has 1 saturated heterocycles. The molecule has 0 spiro atoms. The molecular weight excluding hydrogens is 478 g/mol. The van der Waals surface area contributed by atoms with Crippen molar-refractivity contribution in [2.24, 2.45) is 0 Å². The largest absolute Gasteiger partial charge is 0.490 e. The van der Waals surface area contributed by atoms with Crippen LogP contribution in [0.1, 0.15) is 28.8 Å². The van der Waals surface area contributed by atoms with Crippen molar-refractivity contribution in [1.29, 1.82) is 0 Å². The zero-order chi connectivity index (χ0) is 24.1. The summed E-state index contributed by atoms with van der Waals surface area (Å²) in [6, 6.07) is 5.85. The van der Waals surface area contributed by atoms with Crippen LogP contribution in [0.15, 0.2) is 33.6 Å². The van der Waals surface area contributed by atoms with E-state index in [-0.39, 0.29) is 46.1 Å². The van der Waals surface area contributed by atoms with Gasteiger partial charge in [-0.05, 0) is 54.6 Å². The van der Waals surface area contributed by atoms with Crippen LogP contribution in [-0.4, -0.2) is 53.4 Å². The van der Waals surface area contributed by atoms with Crippen molar-refractivity contribution < 1.29 is 42.9 Å². The van der Waals surface area contributed by atoms with Crippen LogP contribution in [0.4, 0.5) is 4.79 Å². The van der Waals surface area contributed by atoms with Gasteiger partial charge in [0.15, 0.2) is 18.1 Å². The lowest BCUT2D eigenvalue weighted by Crippen LogP contribution is -2.27. The van der Waals surface area contributed by atoms with Gasteiger partial charge in [-0.25, -0.2) is 9.59 Å². The second-order valence-electron chi connectivity index (χ2n) is 6.47. The van der Waals surface area contributed by atoms with Crippen molar-refractivity contribution in [3.63, 3.8) is 0 Å². The fourth-order valence-corrected chi connectivity index (χ4v) is 3.94. The molecule has 0 unspecified atom stereocenters. The third-order valence-electron chi connectivity index (χ3n) is 4.21. The average Bonchev–Trinajstić information content (AvgIpc) is 3.33. The third-order valence-corrected chi connectivity index (χ3v) is 5.39. The van der Waals surface area contributed by atoms with Crippen LogP contribution in [0.5, 0.6) is 11.5 Å². The van der Waals surface area contributed by atoms with Crippen molar-refractivity contribution in [1.82, 2.24) is 4.90 Å². The number of hydrogen-bond donors (Lipinski definition) is 1. The van der Waals surface area contributed by atoms with Gasteiger partial charge in [0.05, 0.1) is 30.2 Å². The molecule has 0 atom stereocenters. The molecule has 2 aromatic rings. The number of esters is 1. The number of carbonyl (C=O) groups excluding carboxylic acids is 3. The SMILES string of the molecule is CCOc1cc(C=C2SC(=O)N(Cc3ccc(C(=O)OC)o3)C2=O)cc(Cl)c1OCC(=O)O. The molecule has 33 heavy (non-hydrogen) atoms. The van der Waals surface area contributed by atoms with E-state index in [0.29, 0.717) is 5.56 Å². The van der Waals surface area contributed by atoms with Crippen LogP contribution < -0.4 is 9.47 Å². The summed E-state index contributed by atoms with van der Waals surface area (Å²) in [6.07, 6.45) is 1.46. The van der Waals surface area contributed by atoms with Crippen molar-refractivity contribution in [2.45, 2.75) is 13.5 Å². The Kier molecular flexibility index (Phi) is 7.67. The normalized spacial score (nSPS) is 14.6. The highest BCUT2D eigenvalue weighted by molar-refractivity contribution is 8.18. The number of hydrogen-bond acceptors (Lipinski definition) is 9. The molecule has 1 aromatic carbocycles. The molecule has 3 rings (SSSR count). The predicted octanol–water partition coefficient (Wildman–Crippen LogP) is 3.82. The highest BCUT2D eigenvalue weighted by atomic mass is 35.5. The van der Waals surface area contributed by atoms with E-state index < -0.39 is 29.7 Å². The highest BCUT2D eigenvalue weighted by Gasteiger charge is 2.36. The van der Waals surface area contributed by atoms with E-state index in [1.807, 2.05) is 0 Å². The summed E-state index contributed by atoms with van der Waals surface area (Å²) in [6.45, 7) is 1.22. The Labute approximate surface area is 197 Å². The van der Waals surface area contributed by atoms with E-state index >= 15 is 0 Å². The Bertz CT molecular complexity index is 1140. The van der Waals surface area contributed by atoms with Gasteiger partial charge >= 0.3 is 11.9 Å². The molecule has 1 aliphatic heterocycles. The minimum atomic E-state index is -1.18. The highest BCUT2D eigenvalue weighted by Crippen LogP contribution is 2.39. The maximum atomic E-state index is 12.8. The van der Waals surface area contributed by atoms with E-state index in [9.17, 15) is 19.2 Å². The molecule has 1 aliphatic rings. The topological polar surface area (TPSA) is 133 Å². The van der Waals surface area contributed by atoms with Gasteiger partial charge in [0, 0.05) is 0 Å². The monoisotopic (exact) mass is 495 g/mol. The van der Waals surface area contributed by atoms with Crippen molar-refractivity contribution in [2.75, 3.05) is 20.3 Å². The number of imide groups is 1. The van der Waals surface area contributed by atoms with Crippen molar-refractivity contribution in [3.8, 4) is 11.5 Å². The molecule has 1 fully saturated rings. The second kappa shape index (κ2) is 10.5. The van der Waals surface area contributed by atoms with Crippen molar-refractivity contribution >= 4 is 52.5 Å². The Balaban J connectivity index is 1.82. The lowest BCUT2D eigenvalue weighted by atomic mass is 10.1. The molecule has 2 heterocycles. The van der Waals surface area contributed by atoms with Crippen LogP contribution >= 0.6 is 23.4 Å². The molecular formula is C21H18ClNO9S. The average molecular weight is 496 g/mol. The van der Waals surface area contributed by atoms with E-state index in [4.69, 9.17) is 30.6 Å². The molecule has 0 bridgehead atoms. The maximum absolute atomic E-state index is 12.8. The second-order valence-corrected chi connectivity index (χ2v) is 7.87. The van der Waals surface area contributed by atoms with Gasteiger partial charge in [-0.1, -0.05) is 11.6 Å². The van der Waals surface area contributed by atoms with E-state index in [2.05, 4.69) is 4.74 Å². The molecule has 12 heteroatoms. The standard InChI is InChI=1S/C21H18ClNO9S/c1-3-30-15-7-11(6-13(22)18(15)31-10-17(24)25)8-16-19(26)23(21(28)33-16)9-12-4-5-14(32-12)20(27)29-2/h4-8H,3,9-10H2,1-2H3,(H,24,25). The molecule has 1 aromatic heterocycles. The number of carboxylic acid groups (broad SMARTS) is 1. The number of carboxylic acids is 1. The number of carbonyl (C=O) groups is 4. The minimum absolute atomic E-state index is 0.0432. The molecule has 174 valence electrons. The quantitative estimate of drug-likeness (QED) is 0.404. The number of aliphatic carboxylic acids is 1. The number of benzene rings is 1. The number of methoxy groups -OCH3 is 1. The molecule has 0 radical (unpaired) electrons. The Morgan fingerprint density at radius 1 is 1.24 bits per heavy atom. The van der Waals surface area contributed by atoms with Gasteiger partial charge in [0.1, 0.15) is 5.76 Å². The van der Waals surface area contributed by atoms with Gasteiger partial charge in [-0.3, -0.25) is 14.5 Å². The summed E-state index contributed by atoms with van der Waals surface area (Å²) < 4.78 is 20.6. The van der Waals surface area contributed by atoms with Crippen LogP contribution in [0.2, 0.25) is 5.02 Å². The Hall–Kier alpha value is -3.44. The maximum Gasteiger partial charge on any atom is 0.373 e. The smallest absolute Gasteiger partial charge is 0.373 e. The molecule has 2 amide bonds. The van der Waals surface area contributed by atoms with Crippen LogP contribution in [0, 0.1) is 0 Å². The molecule has 0 aliphatic carbocycles. The number of amides is 2. The summed E-state index contributed by atoms with van der Waals surface area (Å²) in [5.74, 6) is -1.96. The van der Waals surface area contributed by atoms with Crippen LogP contribution in [0.25, 0.3) is 6.08 Å². The molecule has 10 nitrogen and oxygen atoms in total. The number of rotatable bonds is 9. The van der Waals surface area contributed by atoms with E-state index in [1.54, 1.807) is 6.92 Å². The van der Waals surface area contributed by atoms with Crippen LogP contribution in [0.3, 0.4) is 0 Å².